The molecule has 10 heteroatoms. The summed E-state index contributed by atoms with van der Waals surface area (Å²) < 4.78 is 4.46. The van der Waals surface area contributed by atoms with Gasteiger partial charge in [-0.15, -0.1) is 10.2 Å². The van der Waals surface area contributed by atoms with Crippen molar-refractivity contribution >= 4 is 5.84 Å². The van der Waals surface area contributed by atoms with Crippen LogP contribution < -0.4 is 5.73 Å². The van der Waals surface area contributed by atoms with Gasteiger partial charge in [0.25, 0.3) is 0 Å². The zero-order valence-electron chi connectivity index (χ0n) is 7.35. The molecule has 0 aromatic carbocycles. The van der Waals surface area contributed by atoms with E-state index in [1.807, 2.05) is 0 Å². The van der Waals surface area contributed by atoms with Crippen molar-refractivity contribution in [3.63, 3.8) is 0 Å². The molecule has 0 aliphatic heterocycles. The van der Waals surface area contributed by atoms with Gasteiger partial charge >= 0.3 is 0 Å². The largest absolute Gasteiger partial charge is 0.409 e. The smallest absolute Gasteiger partial charge is 0.194 e. The first-order chi connectivity index (χ1) is 7.31. The Morgan fingerprint density at radius 1 is 1.60 bits per heavy atom. The van der Waals surface area contributed by atoms with E-state index >= 15 is 0 Å². The van der Waals surface area contributed by atoms with Crippen molar-refractivity contribution in [2.45, 2.75) is 6.54 Å². The first kappa shape index (κ1) is 9.05. The second-order valence-corrected chi connectivity index (χ2v) is 2.51. The molecule has 2 aromatic heterocycles. The fourth-order valence-corrected chi connectivity index (χ4v) is 0.947. The van der Waals surface area contributed by atoms with Gasteiger partial charge < -0.3 is 10.9 Å². The summed E-state index contributed by atoms with van der Waals surface area (Å²) in [6, 6.07) is 0. The third kappa shape index (κ3) is 1.72. The molecule has 0 fully saturated rings. The SMILES string of the molecule is N/C(=N\O)c1nonc1Cn1ncnn1. The monoisotopic (exact) mass is 210 g/mol. The van der Waals surface area contributed by atoms with Crippen molar-refractivity contribution < 1.29 is 9.84 Å². The number of tetrazole rings is 1. The van der Waals surface area contributed by atoms with Gasteiger partial charge in [0, 0.05) is 0 Å². The summed E-state index contributed by atoms with van der Waals surface area (Å²) in [5.74, 6) is -0.189. The number of amidine groups is 1. The third-order valence-corrected chi connectivity index (χ3v) is 1.59. The Labute approximate surface area is 82.3 Å². The molecule has 0 unspecified atom stereocenters. The van der Waals surface area contributed by atoms with Crippen molar-refractivity contribution in [2.24, 2.45) is 10.9 Å². The van der Waals surface area contributed by atoms with Crippen molar-refractivity contribution in [3.8, 4) is 0 Å². The van der Waals surface area contributed by atoms with Crippen molar-refractivity contribution in [3.05, 3.63) is 17.7 Å². The molecule has 78 valence electrons. The summed E-state index contributed by atoms with van der Waals surface area (Å²) in [6.45, 7) is 0.176. The Morgan fingerprint density at radius 2 is 2.47 bits per heavy atom. The predicted molar refractivity (Wildman–Crippen MR) is 43.7 cm³/mol. The van der Waals surface area contributed by atoms with Crippen LogP contribution in [0.25, 0.3) is 0 Å². The molecule has 10 nitrogen and oxygen atoms in total. The molecule has 0 atom stereocenters. The first-order valence-corrected chi connectivity index (χ1v) is 3.81. The molecule has 0 saturated carbocycles. The molecule has 2 rings (SSSR count). The number of oxime groups is 1. The number of hydrogen-bond acceptors (Lipinski definition) is 8. The van der Waals surface area contributed by atoms with Gasteiger partial charge in [0.1, 0.15) is 12.2 Å². The number of aromatic nitrogens is 6. The van der Waals surface area contributed by atoms with Gasteiger partial charge in [-0.25, -0.2) is 4.63 Å². The lowest BCUT2D eigenvalue weighted by Crippen LogP contribution is -2.17. The summed E-state index contributed by atoms with van der Waals surface area (Å²) >= 11 is 0. The fourth-order valence-electron chi connectivity index (χ4n) is 0.947. The van der Waals surface area contributed by atoms with Gasteiger partial charge in [-0.2, -0.15) is 4.80 Å². The second kappa shape index (κ2) is 3.69. The molecule has 15 heavy (non-hydrogen) atoms. The summed E-state index contributed by atoms with van der Waals surface area (Å²) in [6.07, 6.45) is 1.27. The Morgan fingerprint density at radius 3 is 3.13 bits per heavy atom. The number of rotatable bonds is 3. The van der Waals surface area contributed by atoms with Crippen LogP contribution in [0.15, 0.2) is 16.1 Å². The van der Waals surface area contributed by atoms with Crippen LogP contribution in [-0.4, -0.2) is 41.6 Å². The van der Waals surface area contributed by atoms with E-state index in [1.165, 1.54) is 11.1 Å². The average molecular weight is 210 g/mol. The molecule has 0 bridgehead atoms. The van der Waals surface area contributed by atoms with Gasteiger partial charge in [-0.3, -0.25) is 0 Å². The highest BCUT2D eigenvalue weighted by atomic mass is 16.6. The average Bonchev–Trinajstić information content (AvgIpc) is 2.88. The Balaban J connectivity index is 2.26. The molecule has 0 radical (unpaired) electrons. The Hall–Kier alpha value is -2.52. The van der Waals surface area contributed by atoms with Crippen molar-refractivity contribution in [1.82, 2.24) is 30.5 Å². The molecular formula is C5H6N8O2. The standard InChI is InChI=1S/C5H6N8O2/c6-5(9-14)4-3(10-15-11-4)1-13-8-2-7-12-13/h2,14H,1H2,(H2,6,9). The van der Waals surface area contributed by atoms with E-state index in [1.54, 1.807) is 0 Å². The van der Waals surface area contributed by atoms with E-state index in [-0.39, 0.29) is 18.1 Å². The van der Waals surface area contributed by atoms with Crippen LogP contribution in [0.2, 0.25) is 0 Å². The van der Waals surface area contributed by atoms with Crippen molar-refractivity contribution in [1.29, 1.82) is 0 Å². The Bertz CT molecular complexity index is 459. The molecule has 2 heterocycles. The molecular weight excluding hydrogens is 204 g/mol. The normalized spacial score (nSPS) is 11.9. The molecule has 0 aliphatic carbocycles. The Kier molecular flexibility index (Phi) is 2.23. The van der Waals surface area contributed by atoms with Gasteiger partial charge in [0.2, 0.25) is 0 Å². The fraction of sp³-hybridized carbons (Fsp3) is 0.200. The van der Waals surface area contributed by atoms with Crippen LogP contribution in [-0.2, 0) is 6.54 Å². The highest BCUT2D eigenvalue weighted by Gasteiger charge is 2.15. The molecule has 2 aromatic rings. The maximum absolute atomic E-state index is 8.46. The van der Waals surface area contributed by atoms with Gasteiger partial charge in [-0.05, 0) is 10.4 Å². The van der Waals surface area contributed by atoms with Crippen LogP contribution in [0.3, 0.4) is 0 Å². The molecule has 0 aliphatic rings. The lowest BCUT2D eigenvalue weighted by Gasteiger charge is -1.95. The molecule has 0 spiro atoms. The minimum absolute atomic E-state index is 0.148. The van der Waals surface area contributed by atoms with E-state index in [0.29, 0.717) is 5.69 Å². The lowest BCUT2D eigenvalue weighted by molar-refractivity contribution is 0.299. The molecule has 3 N–H and O–H groups in total. The van der Waals surface area contributed by atoms with Crippen LogP contribution in [0.4, 0.5) is 0 Å². The maximum Gasteiger partial charge on any atom is 0.194 e. The van der Waals surface area contributed by atoms with Gasteiger partial charge in [0.15, 0.2) is 17.9 Å². The second-order valence-electron chi connectivity index (χ2n) is 2.51. The highest BCUT2D eigenvalue weighted by molar-refractivity contribution is 5.95. The summed E-state index contributed by atoms with van der Waals surface area (Å²) in [5.41, 5.74) is 5.84. The summed E-state index contributed by atoms with van der Waals surface area (Å²) in [4.78, 5) is 1.26. The van der Waals surface area contributed by atoms with Crippen LogP contribution in [0.5, 0.6) is 0 Å². The van der Waals surface area contributed by atoms with Crippen LogP contribution in [0, 0.1) is 0 Å². The number of hydrogen-bond donors (Lipinski definition) is 2. The minimum Gasteiger partial charge on any atom is -0.409 e. The number of nitrogens with two attached hydrogens (primary N) is 1. The van der Waals surface area contributed by atoms with E-state index in [2.05, 4.69) is 35.5 Å². The zero-order valence-corrected chi connectivity index (χ0v) is 7.35. The van der Waals surface area contributed by atoms with Gasteiger partial charge in [0.05, 0.1) is 0 Å². The van der Waals surface area contributed by atoms with E-state index < -0.39 is 0 Å². The van der Waals surface area contributed by atoms with Gasteiger partial charge in [-0.1, -0.05) is 10.3 Å². The molecule has 0 amide bonds. The van der Waals surface area contributed by atoms with E-state index in [0.717, 1.165) is 0 Å². The van der Waals surface area contributed by atoms with E-state index in [4.69, 9.17) is 10.9 Å². The van der Waals surface area contributed by atoms with Crippen molar-refractivity contribution in [2.75, 3.05) is 0 Å². The van der Waals surface area contributed by atoms with Crippen LogP contribution >= 0.6 is 0 Å². The third-order valence-electron chi connectivity index (χ3n) is 1.59. The summed E-state index contributed by atoms with van der Waals surface area (Å²) in [7, 11) is 0. The minimum atomic E-state index is -0.189. The zero-order chi connectivity index (χ0) is 10.7. The first-order valence-electron chi connectivity index (χ1n) is 3.81. The topological polar surface area (TPSA) is 141 Å². The number of nitrogens with zero attached hydrogens (tertiary/aromatic N) is 7. The summed E-state index contributed by atoms with van der Waals surface area (Å²) in [5, 5.41) is 29.2. The predicted octanol–water partition coefficient (Wildman–Crippen LogP) is -1.80. The lowest BCUT2D eigenvalue weighted by atomic mass is 10.3. The van der Waals surface area contributed by atoms with E-state index in [9.17, 15) is 0 Å². The highest BCUT2D eigenvalue weighted by Crippen LogP contribution is 2.03. The quantitative estimate of drug-likeness (QED) is 0.261. The maximum atomic E-state index is 8.46. The van der Waals surface area contributed by atoms with Crippen LogP contribution in [0.1, 0.15) is 11.4 Å². The molecule has 0 saturated heterocycles.